The maximum atomic E-state index is 15.0. The Morgan fingerprint density at radius 1 is 0.800 bits per heavy atom. The zero-order valence-electron chi connectivity index (χ0n) is 19.6. The van der Waals surface area contributed by atoms with E-state index in [0.29, 0.717) is 12.8 Å². The number of carbonyl (C=O) groups is 3. The predicted octanol–water partition coefficient (Wildman–Crippen LogP) is 4.86. The molecule has 0 saturated heterocycles. The van der Waals surface area contributed by atoms with Crippen molar-refractivity contribution in [3.8, 4) is 0 Å². The molecule has 35 heavy (non-hydrogen) atoms. The highest BCUT2D eigenvalue weighted by Crippen LogP contribution is 2.33. The third-order valence-corrected chi connectivity index (χ3v) is 6.95. The van der Waals surface area contributed by atoms with Gasteiger partial charge in [0.15, 0.2) is 0 Å². The van der Waals surface area contributed by atoms with Gasteiger partial charge in [-0.25, -0.2) is 8.78 Å². The summed E-state index contributed by atoms with van der Waals surface area (Å²) in [7, 11) is 0. The van der Waals surface area contributed by atoms with Crippen LogP contribution in [0.3, 0.4) is 0 Å². The summed E-state index contributed by atoms with van der Waals surface area (Å²) in [5.74, 6) is -3.84. The average molecular weight is 484 g/mol. The average Bonchev–Trinajstić information content (AvgIpc) is 3.37. The van der Waals surface area contributed by atoms with E-state index in [2.05, 4.69) is 10.6 Å². The number of nitrogens with one attached hydrogen (secondary N) is 2. The van der Waals surface area contributed by atoms with Crippen molar-refractivity contribution >= 4 is 23.4 Å². The standard InChI is InChI=1S/C27H31F2N3O3/c28-21-15-7-6-14-20(21)24(25(33)30-18-10-4-5-11-18)32(19-12-2-1-3-13-19)27(35)26(34)31-23-17-9-8-16-22(23)29/h6-9,14-19,24H,1-5,10-13H2,(H,30,33)(H,31,34). The van der Waals surface area contributed by atoms with Crippen LogP contribution in [0.5, 0.6) is 0 Å². The molecule has 2 aromatic rings. The summed E-state index contributed by atoms with van der Waals surface area (Å²) in [6.45, 7) is 0. The maximum absolute atomic E-state index is 15.0. The number of amides is 3. The largest absolute Gasteiger partial charge is 0.351 e. The van der Waals surface area contributed by atoms with Crippen LogP contribution in [-0.2, 0) is 14.4 Å². The van der Waals surface area contributed by atoms with E-state index in [1.807, 2.05) is 0 Å². The van der Waals surface area contributed by atoms with E-state index in [-0.39, 0.29) is 17.3 Å². The Morgan fingerprint density at radius 2 is 1.40 bits per heavy atom. The van der Waals surface area contributed by atoms with Crippen molar-refractivity contribution < 1.29 is 23.2 Å². The van der Waals surface area contributed by atoms with Crippen molar-refractivity contribution in [2.24, 2.45) is 0 Å². The highest BCUT2D eigenvalue weighted by atomic mass is 19.1. The summed E-state index contributed by atoms with van der Waals surface area (Å²) in [5.41, 5.74) is -0.0899. The number of halogens is 2. The summed E-state index contributed by atoms with van der Waals surface area (Å²) in [6, 6.07) is 9.62. The molecule has 2 aliphatic carbocycles. The first-order chi connectivity index (χ1) is 17.0. The lowest BCUT2D eigenvalue weighted by Gasteiger charge is -2.39. The maximum Gasteiger partial charge on any atom is 0.314 e. The number of para-hydroxylation sites is 1. The van der Waals surface area contributed by atoms with Crippen molar-refractivity contribution in [3.05, 3.63) is 65.7 Å². The zero-order chi connectivity index (χ0) is 24.8. The second-order valence-corrected chi connectivity index (χ2v) is 9.35. The number of carbonyl (C=O) groups excluding carboxylic acids is 3. The van der Waals surface area contributed by atoms with Gasteiger partial charge in [-0.15, -0.1) is 0 Å². The van der Waals surface area contributed by atoms with Crippen molar-refractivity contribution in [2.45, 2.75) is 75.9 Å². The Labute approximate surface area is 204 Å². The molecule has 0 bridgehead atoms. The van der Waals surface area contributed by atoms with Crippen molar-refractivity contribution in [3.63, 3.8) is 0 Å². The normalized spacial score (nSPS) is 17.5. The van der Waals surface area contributed by atoms with Crippen molar-refractivity contribution in [1.29, 1.82) is 0 Å². The van der Waals surface area contributed by atoms with Gasteiger partial charge in [-0.05, 0) is 43.9 Å². The summed E-state index contributed by atoms with van der Waals surface area (Å²) in [5, 5.41) is 5.32. The number of benzene rings is 2. The third-order valence-electron chi connectivity index (χ3n) is 6.95. The minimum Gasteiger partial charge on any atom is -0.351 e. The highest BCUT2D eigenvalue weighted by Gasteiger charge is 2.41. The first-order valence-electron chi connectivity index (χ1n) is 12.4. The van der Waals surface area contributed by atoms with Crippen LogP contribution in [-0.4, -0.2) is 34.7 Å². The molecular formula is C27H31F2N3O3. The molecule has 0 aromatic heterocycles. The van der Waals surface area contributed by atoms with Gasteiger partial charge in [0, 0.05) is 17.6 Å². The quantitative estimate of drug-likeness (QED) is 0.576. The SMILES string of the molecule is O=C(Nc1ccccc1F)C(=O)N(C1CCCCC1)C(C(=O)NC1CCCC1)c1ccccc1F. The molecule has 2 fully saturated rings. The minimum atomic E-state index is -1.31. The van der Waals surface area contributed by atoms with Crippen LogP contribution < -0.4 is 10.6 Å². The van der Waals surface area contributed by atoms with Gasteiger partial charge in [-0.2, -0.15) is 0 Å². The van der Waals surface area contributed by atoms with Crippen molar-refractivity contribution in [2.75, 3.05) is 5.32 Å². The lowest BCUT2D eigenvalue weighted by Crippen LogP contribution is -2.53. The molecule has 6 nitrogen and oxygen atoms in total. The molecule has 2 saturated carbocycles. The predicted molar refractivity (Wildman–Crippen MR) is 128 cm³/mol. The molecule has 1 atom stereocenters. The van der Waals surface area contributed by atoms with Gasteiger partial charge < -0.3 is 15.5 Å². The summed E-state index contributed by atoms with van der Waals surface area (Å²) in [4.78, 5) is 41.5. The molecule has 4 rings (SSSR count). The molecule has 8 heteroatoms. The smallest absolute Gasteiger partial charge is 0.314 e. The summed E-state index contributed by atoms with van der Waals surface area (Å²) < 4.78 is 29.2. The van der Waals surface area contributed by atoms with E-state index in [1.54, 1.807) is 12.1 Å². The van der Waals surface area contributed by atoms with E-state index < -0.39 is 41.4 Å². The fraction of sp³-hybridized carbons (Fsp3) is 0.444. The first kappa shape index (κ1) is 24.8. The molecule has 0 heterocycles. The molecule has 0 radical (unpaired) electrons. The molecule has 186 valence electrons. The van der Waals surface area contributed by atoms with E-state index in [0.717, 1.165) is 44.9 Å². The summed E-state index contributed by atoms with van der Waals surface area (Å²) >= 11 is 0. The van der Waals surface area contributed by atoms with Gasteiger partial charge in [0.1, 0.15) is 17.7 Å². The number of nitrogens with zero attached hydrogens (tertiary/aromatic N) is 1. The van der Waals surface area contributed by atoms with Gasteiger partial charge in [0.2, 0.25) is 5.91 Å². The Morgan fingerprint density at radius 3 is 2.06 bits per heavy atom. The third kappa shape index (κ3) is 5.86. The second kappa shape index (κ2) is 11.4. The Balaban J connectivity index is 1.70. The van der Waals surface area contributed by atoms with E-state index in [4.69, 9.17) is 0 Å². The van der Waals surface area contributed by atoms with Crippen molar-refractivity contribution in [1.82, 2.24) is 10.2 Å². The fourth-order valence-electron chi connectivity index (χ4n) is 5.17. The highest BCUT2D eigenvalue weighted by molar-refractivity contribution is 6.40. The molecule has 0 aliphatic heterocycles. The van der Waals surface area contributed by atoms with Gasteiger partial charge in [0.05, 0.1) is 5.69 Å². The van der Waals surface area contributed by atoms with Crippen LogP contribution in [0.15, 0.2) is 48.5 Å². The van der Waals surface area contributed by atoms with Crippen LogP contribution in [0.1, 0.15) is 69.4 Å². The van der Waals surface area contributed by atoms with E-state index in [9.17, 15) is 18.8 Å². The number of hydrogen-bond donors (Lipinski definition) is 2. The minimum absolute atomic E-state index is 0.0422. The van der Waals surface area contributed by atoms with Crippen LogP contribution in [0.2, 0.25) is 0 Å². The van der Waals surface area contributed by atoms with Crippen LogP contribution in [0, 0.1) is 11.6 Å². The molecule has 2 N–H and O–H groups in total. The Hall–Kier alpha value is -3.29. The molecular weight excluding hydrogens is 452 g/mol. The monoisotopic (exact) mass is 483 g/mol. The number of anilines is 1. The molecule has 0 spiro atoms. The Kier molecular flexibility index (Phi) is 8.10. The zero-order valence-corrected chi connectivity index (χ0v) is 19.6. The van der Waals surface area contributed by atoms with Gasteiger partial charge in [-0.1, -0.05) is 62.4 Å². The van der Waals surface area contributed by atoms with Crippen LogP contribution in [0.25, 0.3) is 0 Å². The molecule has 1 unspecified atom stereocenters. The lowest BCUT2D eigenvalue weighted by molar-refractivity contribution is -0.151. The fourth-order valence-corrected chi connectivity index (χ4v) is 5.17. The van der Waals surface area contributed by atoms with E-state index >= 15 is 4.39 Å². The van der Waals surface area contributed by atoms with Gasteiger partial charge in [0.25, 0.3) is 0 Å². The summed E-state index contributed by atoms with van der Waals surface area (Å²) in [6.07, 6.45) is 7.47. The van der Waals surface area contributed by atoms with Gasteiger partial charge in [-0.3, -0.25) is 14.4 Å². The first-order valence-corrected chi connectivity index (χ1v) is 12.4. The molecule has 2 aromatic carbocycles. The Bertz CT molecular complexity index is 1070. The van der Waals surface area contributed by atoms with E-state index in [1.165, 1.54) is 41.3 Å². The number of rotatable bonds is 6. The van der Waals surface area contributed by atoms with Gasteiger partial charge >= 0.3 is 11.8 Å². The van der Waals surface area contributed by atoms with Crippen LogP contribution >= 0.6 is 0 Å². The second-order valence-electron chi connectivity index (χ2n) is 9.35. The molecule has 2 aliphatic rings. The molecule has 3 amide bonds. The topological polar surface area (TPSA) is 78.5 Å². The number of hydrogen-bond acceptors (Lipinski definition) is 3. The van der Waals surface area contributed by atoms with Crippen LogP contribution in [0.4, 0.5) is 14.5 Å². The lowest BCUT2D eigenvalue weighted by atomic mass is 9.91.